The largest absolute Gasteiger partial charge is 0.343 e. The van der Waals surface area contributed by atoms with Crippen LogP contribution >= 0.6 is 11.6 Å². The van der Waals surface area contributed by atoms with Gasteiger partial charge in [0.05, 0.1) is 11.9 Å². The van der Waals surface area contributed by atoms with Crippen LogP contribution < -0.4 is 4.90 Å². The lowest BCUT2D eigenvalue weighted by atomic mass is 10.3. The molecule has 0 saturated carbocycles. The van der Waals surface area contributed by atoms with Crippen molar-refractivity contribution in [2.75, 3.05) is 11.4 Å². The number of halogens is 1. The Morgan fingerprint density at radius 3 is 2.72 bits per heavy atom. The highest BCUT2D eigenvalue weighted by Gasteiger charge is 2.06. The first-order chi connectivity index (χ1) is 8.83. The van der Waals surface area contributed by atoms with Gasteiger partial charge in [-0.3, -0.25) is 0 Å². The molecule has 2 aromatic heterocycles. The van der Waals surface area contributed by atoms with Crippen molar-refractivity contribution in [3.05, 3.63) is 54.4 Å². The van der Waals surface area contributed by atoms with E-state index in [1.54, 1.807) is 6.20 Å². The van der Waals surface area contributed by atoms with Crippen LogP contribution in [0, 0.1) is 0 Å². The molecule has 0 saturated heterocycles. The highest BCUT2D eigenvalue weighted by molar-refractivity contribution is 6.28. The molecule has 0 bridgehead atoms. The molecule has 5 nitrogen and oxygen atoms in total. The molecule has 0 aliphatic carbocycles. The molecule has 1 aliphatic rings. The van der Waals surface area contributed by atoms with Crippen molar-refractivity contribution in [2.45, 2.75) is 0 Å². The maximum absolute atomic E-state index is 5.67. The zero-order chi connectivity index (χ0) is 12.4. The molecular weight excluding hydrogens is 250 g/mol. The molecule has 0 radical (unpaired) electrons. The smallest absolute Gasteiger partial charge is 0.242 e. The van der Waals surface area contributed by atoms with Gasteiger partial charge < -0.3 is 4.90 Å². The van der Waals surface area contributed by atoms with Crippen LogP contribution in [0.3, 0.4) is 0 Å². The molecule has 3 heterocycles. The van der Waals surface area contributed by atoms with Gasteiger partial charge in [0.2, 0.25) is 5.28 Å². The second-order valence-electron chi connectivity index (χ2n) is 3.75. The van der Waals surface area contributed by atoms with Crippen LogP contribution in [0.5, 0.6) is 0 Å². The summed E-state index contributed by atoms with van der Waals surface area (Å²) in [6, 6.07) is 3.87. The molecule has 0 amide bonds. The highest BCUT2D eigenvalue weighted by Crippen LogP contribution is 2.16. The topological polar surface area (TPSA) is 46.8 Å². The lowest BCUT2D eigenvalue weighted by Gasteiger charge is -2.20. The Bertz CT molecular complexity index is 599. The molecule has 1 aliphatic heterocycles. The summed E-state index contributed by atoms with van der Waals surface area (Å²) in [5, 5.41) is 4.21. The average molecular weight is 260 g/mol. The van der Waals surface area contributed by atoms with Gasteiger partial charge in [0, 0.05) is 12.7 Å². The van der Waals surface area contributed by atoms with Gasteiger partial charge in [0.15, 0.2) is 5.82 Å². The summed E-state index contributed by atoms with van der Waals surface area (Å²) < 4.78 is 1.54. The van der Waals surface area contributed by atoms with Crippen molar-refractivity contribution in [1.29, 1.82) is 0 Å². The average Bonchev–Trinajstić information content (AvgIpc) is 2.87. The summed E-state index contributed by atoms with van der Waals surface area (Å²) in [6.45, 7) is 0.854. The van der Waals surface area contributed by atoms with Gasteiger partial charge in [-0.25, -0.2) is 14.6 Å². The lowest BCUT2D eigenvalue weighted by molar-refractivity contribution is 0.844. The molecule has 0 N–H and O–H groups in total. The first kappa shape index (κ1) is 11.0. The summed E-state index contributed by atoms with van der Waals surface area (Å²) in [7, 11) is 0. The Hall–Kier alpha value is -2.14. The predicted octanol–water partition coefficient (Wildman–Crippen LogP) is 2.21. The van der Waals surface area contributed by atoms with E-state index >= 15 is 0 Å². The van der Waals surface area contributed by atoms with Gasteiger partial charge in [-0.2, -0.15) is 0 Å². The molecule has 0 spiro atoms. The predicted molar refractivity (Wildman–Crippen MR) is 69.8 cm³/mol. The first-order valence-corrected chi connectivity index (χ1v) is 5.84. The van der Waals surface area contributed by atoms with E-state index in [4.69, 9.17) is 11.6 Å². The number of rotatable bonds is 2. The third-order valence-corrected chi connectivity index (χ3v) is 2.75. The Labute approximate surface area is 109 Å². The van der Waals surface area contributed by atoms with Crippen molar-refractivity contribution in [3.63, 3.8) is 0 Å². The molecule has 18 heavy (non-hydrogen) atoms. The lowest BCUT2D eigenvalue weighted by Crippen LogP contribution is -2.17. The molecule has 2 aromatic rings. The van der Waals surface area contributed by atoms with Crippen molar-refractivity contribution >= 4 is 17.3 Å². The number of hydrogen-bond donors (Lipinski definition) is 0. The molecule has 90 valence electrons. The first-order valence-electron chi connectivity index (χ1n) is 5.46. The normalized spacial score (nSPS) is 14.2. The zero-order valence-corrected chi connectivity index (χ0v) is 10.2. The number of nitrogens with zero attached hydrogens (tertiary/aromatic N) is 5. The van der Waals surface area contributed by atoms with Gasteiger partial charge in [0.25, 0.3) is 0 Å². The van der Waals surface area contributed by atoms with Gasteiger partial charge in [0.1, 0.15) is 6.33 Å². The van der Waals surface area contributed by atoms with Crippen LogP contribution in [-0.2, 0) is 0 Å². The minimum absolute atomic E-state index is 0.213. The van der Waals surface area contributed by atoms with E-state index in [-0.39, 0.29) is 5.28 Å². The van der Waals surface area contributed by atoms with Crippen LogP contribution in [0.4, 0.5) is 5.69 Å². The fourth-order valence-corrected chi connectivity index (χ4v) is 1.82. The van der Waals surface area contributed by atoms with E-state index in [1.807, 2.05) is 30.5 Å². The Morgan fingerprint density at radius 1 is 1.17 bits per heavy atom. The maximum Gasteiger partial charge on any atom is 0.242 e. The Balaban J connectivity index is 1.85. The quantitative estimate of drug-likeness (QED) is 0.830. The number of anilines is 1. The van der Waals surface area contributed by atoms with Gasteiger partial charge in [-0.15, -0.1) is 5.10 Å². The maximum atomic E-state index is 5.67. The van der Waals surface area contributed by atoms with Crippen molar-refractivity contribution in [2.24, 2.45) is 0 Å². The monoisotopic (exact) mass is 259 g/mol. The Morgan fingerprint density at radius 2 is 2.11 bits per heavy atom. The van der Waals surface area contributed by atoms with E-state index in [2.05, 4.69) is 26.0 Å². The van der Waals surface area contributed by atoms with Crippen molar-refractivity contribution in [3.8, 4) is 5.82 Å². The van der Waals surface area contributed by atoms with Crippen LogP contribution in [0.2, 0.25) is 5.28 Å². The second kappa shape index (κ2) is 4.62. The molecule has 0 atom stereocenters. The van der Waals surface area contributed by atoms with E-state index in [0.29, 0.717) is 5.82 Å². The molecule has 0 aromatic carbocycles. The zero-order valence-electron chi connectivity index (χ0n) is 9.44. The number of aromatic nitrogens is 4. The summed E-state index contributed by atoms with van der Waals surface area (Å²) >= 11 is 5.67. The highest BCUT2D eigenvalue weighted by atomic mass is 35.5. The van der Waals surface area contributed by atoms with Crippen molar-refractivity contribution in [1.82, 2.24) is 19.7 Å². The SMILES string of the molecule is Clc1ncn(-c2ccc(N3C=CC=CC3)cn2)n1. The van der Waals surface area contributed by atoms with Crippen molar-refractivity contribution < 1.29 is 0 Å². The number of allylic oxidation sites excluding steroid dienone is 2. The number of hydrogen-bond acceptors (Lipinski definition) is 4. The fraction of sp³-hybridized carbons (Fsp3) is 0.0833. The third kappa shape index (κ3) is 2.12. The summed E-state index contributed by atoms with van der Waals surface area (Å²) in [6.07, 6.45) is 11.5. The van der Waals surface area contributed by atoms with Crippen LogP contribution in [0.15, 0.2) is 49.1 Å². The van der Waals surface area contributed by atoms with Gasteiger partial charge in [-0.05, 0) is 29.8 Å². The third-order valence-electron chi connectivity index (χ3n) is 2.58. The van der Waals surface area contributed by atoms with Gasteiger partial charge >= 0.3 is 0 Å². The molecule has 0 unspecified atom stereocenters. The minimum atomic E-state index is 0.213. The van der Waals surface area contributed by atoms with E-state index in [1.165, 1.54) is 11.0 Å². The van der Waals surface area contributed by atoms with E-state index in [0.717, 1.165) is 12.2 Å². The van der Waals surface area contributed by atoms with Crippen LogP contribution in [0.1, 0.15) is 0 Å². The van der Waals surface area contributed by atoms with E-state index in [9.17, 15) is 0 Å². The summed E-state index contributed by atoms with van der Waals surface area (Å²) in [5.74, 6) is 0.690. The molecule has 0 fully saturated rings. The molecule has 6 heteroatoms. The second-order valence-corrected chi connectivity index (χ2v) is 4.09. The van der Waals surface area contributed by atoms with E-state index < -0.39 is 0 Å². The standard InChI is InChI=1S/C12H10ClN5/c13-12-15-9-18(16-12)11-5-4-10(8-14-11)17-6-2-1-3-7-17/h1-6,8-9H,7H2. The van der Waals surface area contributed by atoms with Crippen LogP contribution in [-0.4, -0.2) is 26.3 Å². The minimum Gasteiger partial charge on any atom is -0.343 e. The molecule has 3 rings (SSSR count). The number of pyridine rings is 1. The molecular formula is C12H10ClN5. The van der Waals surface area contributed by atoms with Crippen LogP contribution in [0.25, 0.3) is 5.82 Å². The summed E-state index contributed by atoms with van der Waals surface area (Å²) in [5.41, 5.74) is 1.03. The summed E-state index contributed by atoms with van der Waals surface area (Å²) in [4.78, 5) is 10.3. The van der Waals surface area contributed by atoms with Gasteiger partial charge in [-0.1, -0.05) is 12.2 Å². The fourth-order valence-electron chi connectivity index (χ4n) is 1.70. The Kier molecular flexibility index (Phi) is 2.82.